The van der Waals surface area contributed by atoms with Crippen LogP contribution in [0.15, 0.2) is 12.2 Å². The number of rotatable bonds is 4. The molecule has 1 unspecified atom stereocenters. The van der Waals surface area contributed by atoms with Gasteiger partial charge in [0, 0.05) is 11.8 Å². The summed E-state index contributed by atoms with van der Waals surface area (Å²) in [6.07, 6.45) is 1.56. The minimum Gasteiger partial charge on any atom is -0.479 e. The Morgan fingerprint density at radius 1 is 1.46 bits per heavy atom. The zero-order valence-electron chi connectivity index (χ0n) is 7.50. The maximum Gasteiger partial charge on any atom is 0.344 e. The Balaban J connectivity index is 4.02. The summed E-state index contributed by atoms with van der Waals surface area (Å²) in [6, 6.07) is 0. The molecule has 0 aliphatic heterocycles. The summed E-state index contributed by atoms with van der Waals surface area (Å²) in [6.45, 7) is 2.88. The number of ether oxygens (including phenoxy) is 1. The van der Waals surface area contributed by atoms with Crippen molar-refractivity contribution < 1.29 is 14.6 Å². The highest BCUT2D eigenvalue weighted by Gasteiger charge is 2.12. The van der Waals surface area contributed by atoms with Crippen LogP contribution in [0.1, 0.15) is 13.8 Å². The molecule has 0 saturated heterocycles. The van der Waals surface area contributed by atoms with Gasteiger partial charge in [0.05, 0.1) is 0 Å². The van der Waals surface area contributed by atoms with E-state index in [9.17, 15) is 4.79 Å². The van der Waals surface area contributed by atoms with Gasteiger partial charge in [-0.05, 0) is 19.9 Å². The second-order valence-electron chi connectivity index (χ2n) is 2.48. The number of carboxylic acid groups (broad SMARTS) is 1. The number of hydrogen-bond donors (Lipinski definition) is 3. The third kappa shape index (κ3) is 5.60. The van der Waals surface area contributed by atoms with Crippen LogP contribution in [-0.4, -0.2) is 28.8 Å². The molecule has 0 fully saturated rings. The summed E-state index contributed by atoms with van der Waals surface area (Å²) in [5.74, 6) is -1.38. The predicted molar refractivity (Wildman–Crippen MR) is 48.5 cm³/mol. The SMILES string of the molecule is CC(=N)/C=C\C(=N)OC(C)C(=O)O. The van der Waals surface area contributed by atoms with Crippen LogP contribution >= 0.6 is 0 Å². The maximum atomic E-state index is 10.3. The van der Waals surface area contributed by atoms with Gasteiger partial charge in [0.1, 0.15) is 0 Å². The first kappa shape index (κ1) is 11.4. The Bertz CT molecular complexity index is 258. The van der Waals surface area contributed by atoms with Crippen LogP contribution in [0.3, 0.4) is 0 Å². The zero-order chi connectivity index (χ0) is 10.4. The molecule has 0 rings (SSSR count). The molecule has 0 radical (unpaired) electrons. The van der Waals surface area contributed by atoms with Crippen molar-refractivity contribution in [2.24, 2.45) is 0 Å². The summed E-state index contributed by atoms with van der Waals surface area (Å²) in [5, 5.41) is 22.6. The number of allylic oxidation sites excluding steroid dienone is 1. The van der Waals surface area contributed by atoms with E-state index in [-0.39, 0.29) is 11.6 Å². The summed E-state index contributed by atoms with van der Waals surface area (Å²) in [4.78, 5) is 10.3. The Hall–Kier alpha value is -1.65. The number of hydrogen-bond acceptors (Lipinski definition) is 4. The molecule has 0 heterocycles. The monoisotopic (exact) mass is 184 g/mol. The van der Waals surface area contributed by atoms with Crippen molar-refractivity contribution >= 4 is 17.6 Å². The molecule has 72 valence electrons. The largest absolute Gasteiger partial charge is 0.479 e. The lowest BCUT2D eigenvalue weighted by atomic mass is 10.3. The molecular weight excluding hydrogens is 172 g/mol. The lowest BCUT2D eigenvalue weighted by Crippen LogP contribution is -2.22. The van der Waals surface area contributed by atoms with Crippen LogP contribution in [0.5, 0.6) is 0 Å². The Morgan fingerprint density at radius 3 is 2.38 bits per heavy atom. The molecule has 0 aromatic rings. The number of aliphatic carboxylic acids is 1. The van der Waals surface area contributed by atoms with E-state index in [4.69, 9.17) is 15.9 Å². The van der Waals surface area contributed by atoms with E-state index in [1.165, 1.54) is 19.1 Å². The molecule has 0 amide bonds. The van der Waals surface area contributed by atoms with Gasteiger partial charge >= 0.3 is 5.97 Å². The van der Waals surface area contributed by atoms with Crippen LogP contribution in [0.2, 0.25) is 0 Å². The second kappa shape index (κ2) is 5.08. The van der Waals surface area contributed by atoms with Crippen LogP contribution in [0, 0.1) is 10.8 Å². The highest BCUT2D eigenvalue weighted by atomic mass is 16.5. The smallest absolute Gasteiger partial charge is 0.344 e. The first-order valence-electron chi connectivity index (χ1n) is 3.64. The number of carbonyl (C=O) groups is 1. The molecular formula is C8H12N2O3. The third-order valence-electron chi connectivity index (χ3n) is 1.14. The van der Waals surface area contributed by atoms with Crippen LogP contribution in [0.25, 0.3) is 0 Å². The quantitative estimate of drug-likeness (QED) is 0.450. The van der Waals surface area contributed by atoms with Gasteiger partial charge in [0.25, 0.3) is 0 Å². The molecule has 0 bridgehead atoms. The summed E-state index contributed by atoms with van der Waals surface area (Å²) >= 11 is 0. The molecule has 0 aromatic carbocycles. The second-order valence-corrected chi connectivity index (χ2v) is 2.48. The first-order valence-corrected chi connectivity index (χ1v) is 3.64. The van der Waals surface area contributed by atoms with Crippen LogP contribution < -0.4 is 0 Å². The fourth-order valence-electron chi connectivity index (χ4n) is 0.481. The van der Waals surface area contributed by atoms with E-state index in [1.807, 2.05) is 0 Å². The fraction of sp³-hybridized carbons (Fsp3) is 0.375. The Morgan fingerprint density at radius 2 is 2.00 bits per heavy atom. The van der Waals surface area contributed by atoms with Crippen LogP contribution in [-0.2, 0) is 9.53 Å². The lowest BCUT2D eigenvalue weighted by Gasteiger charge is -2.07. The normalized spacial score (nSPS) is 12.5. The van der Waals surface area contributed by atoms with Crippen molar-refractivity contribution in [1.82, 2.24) is 0 Å². The molecule has 0 aliphatic carbocycles. The van der Waals surface area contributed by atoms with Gasteiger partial charge in [-0.25, -0.2) is 4.79 Å². The summed E-state index contributed by atoms with van der Waals surface area (Å²) in [7, 11) is 0. The van der Waals surface area contributed by atoms with Gasteiger partial charge in [-0.2, -0.15) is 0 Å². The molecule has 5 heteroatoms. The maximum absolute atomic E-state index is 10.3. The molecule has 0 aliphatic rings. The van der Waals surface area contributed by atoms with E-state index in [0.717, 1.165) is 0 Å². The minimum atomic E-state index is -1.12. The van der Waals surface area contributed by atoms with Crippen molar-refractivity contribution in [3.63, 3.8) is 0 Å². The number of nitrogens with one attached hydrogen (secondary N) is 2. The van der Waals surface area contributed by atoms with Gasteiger partial charge in [-0.3, -0.25) is 5.41 Å². The molecule has 1 atom stereocenters. The topological polar surface area (TPSA) is 94.2 Å². The highest BCUT2D eigenvalue weighted by Crippen LogP contribution is 1.93. The molecule has 13 heavy (non-hydrogen) atoms. The van der Waals surface area contributed by atoms with Crippen molar-refractivity contribution in [1.29, 1.82) is 10.8 Å². The van der Waals surface area contributed by atoms with Crippen molar-refractivity contribution in [2.45, 2.75) is 20.0 Å². The fourth-order valence-corrected chi connectivity index (χ4v) is 0.481. The number of carboxylic acids is 1. The molecule has 0 saturated carbocycles. The summed E-state index contributed by atoms with van der Waals surface area (Å²) < 4.78 is 4.66. The molecule has 0 aromatic heterocycles. The van der Waals surface area contributed by atoms with Crippen molar-refractivity contribution in [3.8, 4) is 0 Å². The van der Waals surface area contributed by atoms with E-state index >= 15 is 0 Å². The first-order chi connectivity index (χ1) is 5.93. The average molecular weight is 184 g/mol. The van der Waals surface area contributed by atoms with Gasteiger partial charge in [0.2, 0.25) is 5.90 Å². The zero-order valence-corrected chi connectivity index (χ0v) is 7.50. The van der Waals surface area contributed by atoms with Crippen molar-refractivity contribution in [3.05, 3.63) is 12.2 Å². The van der Waals surface area contributed by atoms with Crippen LogP contribution in [0.4, 0.5) is 0 Å². The van der Waals surface area contributed by atoms with Gasteiger partial charge < -0.3 is 15.3 Å². The Labute approximate surface area is 76.0 Å². The Kier molecular flexibility index (Phi) is 4.43. The molecule has 5 nitrogen and oxygen atoms in total. The predicted octanol–water partition coefficient (Wildman–Crippen LogP) is 1.05. The van der Waals surface area contributed by atoms with E-state index in [2.05, 4.69) is 4.74 Å². The average Bonchev–Trinajstić information content (AvgIpc) is 2.00. The van der Waals surface area contributed by atoms with E-state index in [1.54, 1.807) is 6.92 Å². The molecule has 3 N–H and O–H groups in total. The summed E-state index contributed by atoms with van der Waals surface area (Å²) in [5.41, 5.74) is 0.274. The van der Waals surface area contributed by atoms with Gasteiger partial charge in [-0.1, -0.05) is 0 Å². The van der Waals surface area contributed by atoms with E-state index in [0.29, 0.717) is 0 Å². The highest BCUT2D eigenvalue weighted by molar-refractivity contribution is 5.97. The lowest BCUT2D eigenvalue weighted by molar-refractivity contribution is -0.144. The standard InChI is InChI=1S/C8H12N2O3/c1-5(9)3-4-7(10)13-6(2)8(11)12/h3-4,6,9-10H,1-2H3,(H,11,12)/b4-3-,9-5?,10-7?. The van der Waals surface area contributed by atoms with E-state index < -0.39 is 12.1 Å². The third-order valence-corrected chi connectivity index (χ3v) is 1.14. The van der Waals surface area contributed by atoms with Gasteiger partial charge in [-0.15, -0.1) is 0 Å². The van der Waals surface area contributed by atoms with Crippen molar-refractivity contribution in [2.75, 3.05) is 0 Å². The molecule has 0 spiro atoms. The minimum absolute atomic E-state index is 0.262. The van der Waals surface area contributed by atoms with Gasteiger partial charge in [0.15, 0.2) is 6.10 Å².